The van der Waals surface area contributed by atoms with Gasteiger partial charge < -0.3 is 4.55 Å². The Balaban J connectivity index is 3.08. The molecule has 1 heterocycles. The number of hydrogen-bond acceptors (Lipinski definition) is 3. The molecule has 3 nitrogen and oxygen atoms in total. The number of nitrogens with zero attached hydrogens (tertiary/aromatic N) is 1. The molecule has 1 aromatic rings. The van der Waals surface area contributed by atoms with Crippen LogP contribution in [0.5, 0.6) is 0 Å². The van der Waals surface area contributed by atoms with Crippen molar-refractivity contribution in [1.82, 2.24) is 4.98 Å². The fraction of sp³-hybridized carbons (Fsp3) is 0. The maximum Gasteiger partial charge on any atom is 0.199 e. The molecule has 0 saturated carbocycles. The lowest BCUT2D eigenvalue weighted by Crippen LogP contribution is -1.83. The molecule has 6 heteroatoms. The summed E-state index contributed by atoms with van der Waals surface area (Å²) in [4.78, 5) is 3.72. The molecule has 1 unspecified atom stereocenters. The van der Waals surface area contributed by atoms with Crippen molar-refractivity contribution in [2.24, 2.45) is 0 Å². The fourth-order valence-corrected chi connectivity index (χ4v) is 2.33. The van der Waals surface area contributed by atoms with E-state index in [0.717, 1.165) is 11.3 Å². The van der Waals surface area contributed by atoms with E-state index in [2.05, 4.69) is 20.9 Å². The second kappa shape index (κ2) is 2.87. The summed E-state index contributed by atoms with van der Waals surface area (Å²) in [5, 5.41) is 0. The molecule has 0 fully saturated rings. The second-order valence-electron chi connectivity index (χ2n) is 1.18. The lowest BCUT2D eigenvalue weighted by atomic mass is 11.0. The van der Waals surface area contributed by atoms with Crippen molar-refractivity contribution in [2.75, 3.05) is 0 Å². The van der Waals surface area contributed by atoms with Gasteiger partial charge in [-0.05, 0) is 15.9 Å². The summed E-state index contributed by atoms with van der Waals surface area (Å²) < 4.78 is 19.6. The van der Waals surface area contributed by atoms with Crippen LogP contribution >= 0.6 is 27.3 Å². The van der Waals surface area contributed by atoms with Gasteiger partial charge in [0.05, 0.1) is 5.51 Å². The van der Waals surface area contributed by atoms with Crippen LogP contribution in [0.15, 0.2) is 14.3 Å². The third-order valence-corrected chi connectivity index (χ3v) is 3.62. The molecule has 1 atom stereocenters. The van der Waals surface area contributed by atoms with E-state index >= 15 is 0 Å². The minimum atomic E-state index is -1.90. The average Bonchev–Trinajstić information content (AvgIpc) is 2.13. The molecule has 0 saturated heterocycles. The Labute approximate surface area is 66.5 Å². The highest BCUT2D eigenvalue weighted by Gasteiger charge is 2.06. The van der Waals surface area contributed by atoms with E-state index in [-0.39, 0.29) is 0 Å². The average molecular weight is 228 g/mol. The largest absolute Gasteiger partial charge is 0.302 e. The van der Waals surface area contributed by atoms with E-state index in [1.807, 2.05) is 0 Å². The van der Waals surface area contributed by atoms with Gasteiger partial charge in [0.15, 0.2) is 15.3 Å². The molecular weight excluding hydrogens is 226 g/mol. The van der Waals surface area contributed by atoms with Gasteiger partial charge in [0.2, 0.25) is 0 Å². The van der Waals surface area contributed by atoms with Gasteiger partial charge in [0.25, 0.3) is 0 Å². The van der Waals surface area contributed by atoms with Gasteiger partial charge in [-0.2, -0.15) is 0 Å². The molecule has 0 aromatic carbocycles. The molecule has 0 bridgehead atoms. The second-order valence-corrected chi connectivity index (χ2v) is 3.95. The van der Waals surface area contributed by atoms with Crippen LogP contribution in [0, 0.1) is 0 Å². The first kappa shape index (κ1) is 7.33. The lowest BCUT2D eigenvalue weighted by Gasteiger charge is -1.83. The minimum Gasteiger partial charge on any atom is -0.302 e. The van der Waals surface area contributed by atoms with Crippen LogP contribution in [0.25, 0.3) is 0 Å². The first-order chi connectivity index (χ1) is 4.22. The fourth-order valence-electron chi connectivity index (χ4n) is 0.335. The third-order valence-electron chi connectivity index (χ3n) is 0.653. The molecule has 0 aliphatic rings. The van der Waals surface area contributed by atoms with Gasteiger partial charge in [0.1, 0.15) is 4.60 Å². The predicted molar refractivity (Wildman–Crippen MR) is 38.9 cm³/mol. The molecule has 50 valence electrons. The van der Waals surface area contributed by atoms with Crippen LogP contribution in [0.4, 0.5) is 0 Å². The zero-order valence-electron chi connectivity index (χ0n) is 4.07. The van der Waals surface area contributed by atoms with Crippen LogP contribution in [0.3, 0.4) is 0 Å². The first-order valence-electron chi connectivity index (χ1n) is 1.91. The topological polar surface area (TPSA) is 50.2 Å². The van der Waals surface area contributed by atoms with E-state index < -0.39 is 11.1 Å². The van der Waals surface area contributed by atoms with Gasteiger partial charge in [-0.15, -0.1) is 11.3 Å². The highest BCUT2D eigenvalue weighted by Crippen LogP contribution is 2.21. The lowest BCUT2D eigenvalue weighted by molar-refractivity contribution is 0.566. The smallest absolute Gasteiger partial charge is 0.199 e. The summed E-state index contributed by atoms with van der Waals surface area (Å²) in [6, 6.07) is 0. The van der Waals surface area contributed by atoms with Crippen LogP contribution in [0.1, 0.15) is 0 Å². The Bertz CT molecular complexity index is 235. The molecule has 0 aliphatic carbocycles. The van der Waals surface area contributed by atoms with Crippen LogP contribution in [-0.4, -0.2) is 13.7 Å². The highest BCUT2D eigenvalue weighted by atomic mass is 79.9. The van der Waals surface area contributed by atoms with Crippen LogP contribution in [0.2, 0.25) is 0 Å². The molecule has 1 aromatic heterocycles. The number of hydrogen-bond donors (Lipinski definition) is 1. The van der Waals surface area contributed by atoms with Gasteiger partial charge in [0, 0.05) is 0 Å². The maximum absolute atomic E-state index is 10.3. The van der Waals surface area contributed by atoms with Crippen molar-refractivity contribution in [1.29, 1.82) is 0 Å². The first-order valence-corrected chi connectivity index (χ1v) is 4.69. The normalized spacial score (nSPS) is 13.6. The molecule has 1 N–H and O–H groups in total. The number of aromatic nitrogens is 1. The quantitative estimate of drug-likeness (QED) is 0.740. The Morgan fingerprint density at radius 2 is 2.56 bits per heavy atom. The van der Waals surface area contributed by atoms with Crippen molar-refractivity contribution < 1.29 is 8.76 Å². The van der Waals surface area contributed by atoms with E-state index in [0.29, 0.717) is 8.81 Å². The Kier molecular flexibility index (Phi) is 2.34. The summed E-state index contributed by atoms with van der Waals surface area (Å²) in [7, 11) is 0. The zero-order valence-corrected chi connectivity index (χ0v) is 7.29. The molecule has 0 aliphatic heterocycles. The summed E-state index contributed by atoms with van der Waals surface area (Å²) >= 11 is 2.26. The third kappa shape index (κ3) is 1.57. The number of thiazole rings is 1. The Morgan fingerprint density at radius 1 is 1.89 bits per heavy atom. The monoisotopic (exact) mass is 227 g/mol. The molecule has 0 radical (unpaired) electrons. The number of halogens is 1. The summed E-state index contributed by atoms with van der Waals surface area (Å²) in [6.45, 7) is 0. The predicted octanol–water partition coefficient (Wildman–Crippen LogP) is 1.49. The van der Waals surface area contributed by atoms with Crippen molar-refractivity contribution >= 4 is 38.3 Å². The molecular formula is C3H2BrNO2S2. The Morgan fingerprint density at radius 3 is 2.78 bits per heavy atom. The van der Waals surface area contributed by atoms with Crippen LogP contribution in [-0.2, 0) is 11.1 Å². The molecule has 1 rings (SSSR count). The zero-order chi connectivity index (χ0) is 6.85. The van der Waals surface area contributed by atoms with E-state index in [4.69, 9.17) is 4.55 Å². The van der Waals surface area contributed by atoms with Crippen LogP contribution < -0.4 is 0 Å². The van der Waals surface area contributed by atoms with Crippen molar-refractivity contribution in [3.05, 3.63) is 10.1 Å². The van der Waals surface area contributed by atoms with E-state index in [1.165, 1.54) is 5.51 Å². The van der Waals surface area contributed by atoms with Gasteiger partial charge in [-0.1, -0.05) is 0 Å². The SMILES string of the molecule is O=S(O)c1scnc1Br. The summed E-state index contributed by atoms with van der Waals surface area (Å²) in [5.41, 5.74) is 1.51. The van der Waals surface area contributed by atoms with Gasteiger partial charge in [-0.3, -0.25) is 0 Å². The standard InChI is InChI=1S/C3H2BrNO2S2/c4-2-3(9(6)7)8-1-5-2/h1H,(H,6,7). The molecule has 9 heavy (non-hydrogen) atoms. The highest BCUT2D eigenvalue weighted by molar-refractivity contribution is 9.10. The minimum absolute atomic E-state index is 0.356. The van der Waals surface area contributed by atoms with Gasteiger partial charge in [-0.25, -0.2) is 9.19 Å². The van der Waals surface area contributed by atoms with Crippen molar-refractivity contribution in [3.63, 3.8) is 0 Å². The van der Waals surface area contributed by atoms with Gasteiger partial charge >= 0.3 is 0 Å². The van der Waals surface area contributed by atoms with Crippen molar-refractivity contribution in [3.8, 4) is 0 Å². The van der Waals surface area contributed by atoms with E-state index in [1.54, 1.807) is 0 Å². The Hall–Kier alpha value is 0.220. The number of rotatable bonds is 1. The molecule has 0 amide bonds. The maximum atomic E-state index is 10.3. The van der Waals surface area contributed by atoms with E-state index in [9.17, 15) is 4.21 Å². The summed E-state index contributed by atoms with van der Waals surface area (Å²) in [6.07, 6.45) is 0. The summed E-state index contributed by atoms with van der Waals surface area (Å²) in [5.74, 6) is 0. The van der Waals surface area contributed by atoms with Crippen molar-refractivity contribution in [2.45, 2.75) is 4.21 Å². The molecule has 0 spiro atoms.